The number of rotatable bonds is 8. The van der Waals surface area contributed by atoms with E-state index in [0.29, 0.717) is 80.9 Å². The number of amides is 1. The molecule has 2 saturated carbocycles. The molecule has 0 saturated heterocycles. The minimum atomic E-state index is -1.08. The second-order valence-corrected chi connectivity index (χ2v) is 10.3. The molecule has 210 valence electrons. The Morgan fingerprint density at radius 1 is 1.03 bits per heavy atom. The van der Waals surface area contributed by atoms with Crippen LogP contribution >= 0.6 is 0 Å². The Hall–Kier alpha value is -3.45. The maximum absolute atomic E-state index is 14.5. The summed E-state index contributed by atoms with van der Waals surface area (Å²) in [6.45, 7) is 0.783. The molecule has 0 atom stereocenters. The van der Waals surface area contributed by atoms with Crippen molar-refractivity contribution in [1.29, 1.82) is 0 Å². The molecule has 1 aromatic carbocycles. The summed E-state index contributed by atoms with van der Waals surface area (Å²) in [6, 6.07) is 1.17. The van der Waals surface area contributed by atoms with E-state index in [1.807, 2.05) is 0 Å². The zero-order chi connectivity index (χ0) is 27.5. The van der Waals surface area contributed by atoms with Gasteiger partial charge >= 0.3 is 0 Å². The maximum atomic E-state index is 14.5. The molecule has 39 heavy (non-hydrogen) atoms. The minimum absolute atomic E-state index is 0.0328. The lowest BCUT2D eigenvalue weighted by Gasteiger charge is -2.30. The number of nitrogens with zero attached hydrogens (tertiary/aromatic N) is 4. The van der Waals surface area contributed by atoms with Crippen LogP contribution in [0, 0.1) is 23.4 Å². The number of nitrogens with two attached hydrogens (primary N) is 1. The molecule has 6 N–H and O–H groups in total. The van der Waals surface area contributed by atoms with Crippen LogP contribution in [0.2, 0.25) is 0 Å². The van der Waals surface area contributed by atoms with Crippen molar-refractivity contribution in [3.8, 4) is 0 Å². The molecule has 2 aliphatic carbocycles. The highest BCUT2D eigenvalue weighted by Gasteiger charge is 2.31. The average molecular weight is 547 g/mol. The van der Waals surface area contributed by atoms with Crippen molar-refractivity contribution >= 4 is 34.7 Å². The molecule has 2 heterocycles. The lowest BCUT2D eigenvalue weighted by atomic mass is 9.85. The SMILES string of the molecule is NCCNC(=O)C1CCC(n2c(Nc3c(F)cc(F)cc3F)nc3cnc(NC4CCC(O)CC4)nc32)CC1. The summed E-state index contributed by atoms with van der Waals surface area (Å²) >= 11 is 0. The molecule has 3 aromatic rings. The number of aliphatic hydroxyl groups excluding tert-OH is 1. The number of aliphatic hydroxyl groups is 1. The van der Waals surface area contributed by atoms with Gasteiger partial charge in [0.05, 0.1) is 12.3 Å². The van der Waals surface area contributed by atoms with E-state index >= 15 is 0 Å². The average Bonchev–Trinajstić information content (AvgIpc) is 3.28. The highest BCUT2D eigenvalue weighted by atomic mass is 19.1. The Labute approximate surface area is 223 Å². The third-order valence-electron chi connectivity index (χ3n) is 7.58. The van der Waals surface area contributed by atoms with Crippen molar-refractivity contribution in [3.05, 3.63) is 35.8 Å². The fourth-order valence-electron chi connectivity index (χ4n) is 5.51. The van der Waals surface area contributed by atoms with Crippen LogP contribution in [0.4, 0.5) is 30.8 Å². The molecule has 13 heteroatoms. The Bertz CT molecular complexity index is 1300. The summed E-state index contributed by atoms with van der Waals surface area (Å²) in [7, 11) is 0. The van der Waals surface area contributed by atoms with E-state index in [-0.39, 0.29) is 36.0 Å². The summed E-state index contributed by atoms with van der Waals surface area (Å²) in [6.07, 6.45) is 6.67. The van der Waals surface area contributed by atoms with Crippen molar-refractivity contribution < 1.29 is 23.1 Å². The van der Waals surface area contributed by atoms with Crippen molar-refractivity contribution in [2.75, 3.05) is 23.7 Å². The predicted molar refractivity (Wildman–Crippen MR) is 140 cm³/mol. The smallest absolute Gasteiger partial charge is 0.224 e. The van der Waals surface area contributed by atoms with Crippen molar-refractivity contribution in [1.82, 2.24) is 24.8 Å². The number of imidazole rings is 1. The summed E-state index contributed by atoms with van der Waals surface area (Å²) in [5.41, 5.74) is 5.88. The van der Waals surface area contributed by atoms with Crippen LogP contribution in [0.1, 0.15) is 57.4 Å². The van der Waals surface area contributed by atoms with Gasteiger partial charge in [-0.05, 0) is 51.4 Å². The van der Waals surface area contributed by atoms with Gasteiger partial charge in [0.1, 0.15) is 17.0 Å². The van der Waals surface area contributed by atoms with Crippen molar-refractivity contribution in [3.63, 3.8) is 0 Å². The topological polar surface area (TPSA) is 143 Å². The van der Waals surface area contributed by atoms with Gasteiger partial charge in [0.15, 0.2) is 17.3 Å². The van der Waals surface area contributed by atoms with Gasteiger partial charge in [-0.3, -0.25) is 9.36 Å². The number of carbonyl (C=O) groups is 1. The third-order valence-corrected chi connectivity index (χ3v) is 7.58. The van der Waals surface area contributed by atoms with Crippen LogP contribution in [0.15, 0.2) is 18.3 Å². The normalized spacial score (nSPS) is 23.5. The van der Waals surface area contributed by atoms with Gasteiger partial charge < -0.3 is 26.8 Å². The number of hydrogen-bond acceptors (Lipinski definition) is 8. The summed E-state index contributed by atoms with van der Waals surface area (Å²) in [5.74, 6) is -2.83. The number of nitrogens with one attached hydrogen (secondary N) is 3. The summed E-state index contributed by atoms with van der Waals surface area (Å²) in [4.78, 5) is 26.1. The summed E-state index contributed by atoms with van der Waals surface area (Å²) in [5, 5.41) is 18.7. The molecule has 2 aliphatic rings. The summed E-state index contributed by atoms with van der Waals surface area (Å²) < 4.78 is 44.4. The second kappa shape index (κ2) is 11.7. The first kappa shape index (κ1) is 27.1. The number of hydrogen-bond donors (Lipinski definition) is 5. The largest absolute Gasteiger partial charge is 0.393 e. The number of benzene rings is 1. The van der Waals surface area contributed by atoms with Crippen molar-refractivity contribution in [2.45, 2.75) is 69.6 Å². The first-order valence-electron chi connectivity index (χ1n) is 13.4. The van der Waals surface area contributed by atoms with Crippen LogP contribution in [0.25, 0.3) is 11.2 Å². The number of fused-ring (bicyclic) bond motifs is 1. The molecule has 2 fully saturated rings. The van der Waals surface area contributed by atoms with E-state index in [4.69, 9.17) is 10.7 Å². The first-order chi connectivity index (χ1) is 18.8. The fourth-order valence-corrected chi connectivity index (χ4v) is 5.51. The Morgan fingerprint density at radius 2 is 1.72 bits per heavy atom. The van der Waals surface area contributed by atoms with Crippen LogP contribution in [0.3, 0.4) is 0 Å². The Kier molecular flexibility index (Phi) is 8.17. The standard InChI is InChI=1S/C26H33F3N8O2/c27-15-11-19(28)22(20(29)12-15)35-26-34-21-13-32-25(33-16-3-7-18(38)8-4-16)36-23(21)37(26)17-5-1-14(2-6-17)24(39)31-10-9-30/h11-14,16-18,38H,1-10,30H2,(H,31,39)(H,34,35)(H,32,33,36). The highest BCUT2D eigenvalue weighted by molar-refractivity contribution is 5.79. The zero-order valence-electron chi connectivity index (χ0n) is 21.5. The quantitative estimate of drug-likeness (QED) is 0.289. The van der Waals surface area contributed by atoms with Crippen molar-refractivity contribution in [2.24, 2.45) is 11.7 Å². The molecule has 2 aromatic heterocycles. The number of carbonyl (C=O) groups excluding carboxylic acids is 1. The van der Waals surface area contributed by atoms with Crippen LogP contribution in [-0.4, -0.2) is 55.8 Å². The molecular weight excluding hydrogens is 513 g/mol. The molecular formula is C26H33F3N8O2. The minimum Gasteiger partial charge on any atom is -0.393 e. The number of anilines is 3. The van der Waals surface area contributed by atoms with Gasteiger partial charge in [0.25, 0.3) is 0 Å². The Morgan fingerprint density at radius 3 is 2.38 bits per heavy atom. The van der Waals surface area contributed by atoms with E-state index < -0.39 is 23.1 Å². The second-order valence-electron chi connectivity index (χ2n) is 10.3. The highest BCUT2D eigenvalue weighted by Crippen LogP contribution is 2.38. The predicted octanol–water partition coefficient (Wildman–Crippen LogP) is 3.51. The molecule has 10 nitrogen and oxygen atoms in total. The van der Waals surface area contributed by atoms with E-state index in [0.717, 1.165) is 12.8 Å². The van der Waals surface area contributed by atoms with E-state index in [1.54, 1.807) is 10.8 Å². The van der Waals surface area contributed by atoms with Crippen LogP contribution < -0.4 is 21.7 Å². The van der Waals surface area contributed by atoms with Gasteiger partial charge in [-0.2, -0.15) is 4.98 Å². The van der Waals surface area contributed by atoms with Crippen LogP contribution in [0.5, 0.6) is 0 Å². The van der Waals surface area contributed by atoms with Gasteiger partial charge in [0, 0.05) is 43.2 Å². The fraction of sp³-hybridized carbons (Fsp3) is 0.538. The van der Waals surface area contributed by atoms with E-state index in [1.165, 1.54) is 0 Å². The van der Waals surface area contributed by atoms with Gasteiger partial charge in [-0.1, -0.05) is 0 Å². The first-order valence-corrected chi connectivity index (χ1v) is 13.4. The molecule has 0 unspecified atom stereocenters. The lowest BCUT2D eigenvalue weighted by Crippen LogP contribution is -2.36. The van der Waals surface area contributed by atoms with Gasteiger partial charge in [0.2, 0.25) is 17.8 Å². The molecule has 0 aliphatic heterocycles. The van der Waals surface area contributed by atoms with Gasteiger partial charge in [-0.25, -0.2) is 23.1 Å². The third kappa shape index (κ3) is 6.09. The monoisotopic (exact) mass is 546 g/mol. The molecule has 0 radical (unpaired) electrons. The van der Waals surface area contributed by atoms with E-state index in [9.17, 15) is 23.1 Å². The number of halogens is 3. The maximum Gasteiger partial charge on any atom is 0.224 e. The van der Waals surface area contributed by atoms with E-state index in [2.05, 4.69) is 25.9 Å². The van der Waals surface area contributed by atoms with Gasteiger partial charge in [-0.15, -0.1) is 0 Å². The molecule has 0 spiro atoms. The Balaban J connectivity index is 1.45. The van der Waals surface area contributed by atoms with Crippen LogP contribution in [-0.2, 0) is 4.79 Å². The molecule has 0 bridgehead atoms. The lowest BCUT2D eigenvalue weighted by molar-refractivity contribution is -0.126. The molecule has 5 rings (SSSR count). The zero-order valence-corrected chi connectivity index (χ0v) is 21.5. The number of aromatic nitrogens is 4. The molecule has 1 amide bonds.